The molecule has 0 spiro atoms. The van der Waals surface area contributed by atoms with Gasteiger partial charge >= 0.3 is 7.45 Å². The summed E-state index contributed by atoms with van der Waals surface area (Å²) in [7, 11) is -0.316. The minimum absolute atomic E-state index is 0.316. The Labute approximate surface area is 31.6 Å². The predicted molar refractivity (Wildman–Crippen MR) is 24.4 cm³/mol. The summed E-state index contributed by atoms with van der Waals surface area (Å²) in [4.78, 5) is 0. The zero-order valence-corrected chi connectivity index (χ0v) is 3.13. The van der Waals surface area contributed by atoms with E-state index in [0.29, 0.717) is 6.45 Å². The molecule has 0 aliphatic carbocycles. The highest BCUT2D eigenvalue weighted by molar-refractivity contribution is 8.12. The maximum absolute atomic E-state index is 10.6. The Balaban J connectivity index is 1.97. The molecule has 0 atom stereocenters. The lowest BCUT2D eigenvalue weighted by Gasteiger charge is -1.55. The fourth-order valence-corrected chi connectivity index (χ4v) is 0. The normalized spacial score (nSPS) is 5.50. The van der Waals surface area contributed by atoms with Crippen LogP contribution in [-0.4, -0.2) is 13.9 Å². The van der Waals surface area contributed by atoms with Gasteiger partial charge in [-0.2, -0.15) is 0 Å². The summed E-state index contributed by atoms with van der Waals surface area (Å²) in [5.74, 6) is 0. The summed E-state index contributed by atoms with van der Waals surface area (Å²) in [6.45, 7) is 0. The molecule has 0 heterocycles. The standard InChI is InChI=1S/B2FH3S/c3-1-2-4/h1-2,4H. The lowest BCUT2D eigenvalue weighted by atomic mass is 9.74. The Morgan fingerprint density at radius 1 is 1.75 bits per heavy atom. The van der Waals surface area contributed by atoms with Gasteiger partial charge in [-0.15, -0.1) is 0 Å². The highest BCUT2D eigenvalue weighted by Crippen LogP contribution is 1.59. The van der Waals surface area contributed by atoms with Crippen molar-refractivity contribution >= 4 is 26.4 Å². The minimum Gasteiger partial charge on any atom is -0.351 e. The van der Waals surface area contributed by atoms with Crippen molar-refractivity contribution in [1.29, 1.82) is 0 Å². The highest BCUT2D eigenvalue weighted by atomic mass is 32.1. The third-order valence-electron chi connectivity index (χ3n) is 0.0845. The molecule has 0 unspecified atom stereocenters. The maximum Gasteiger partial charge on any atom is 0.303 e. The lowest BCUT2D eigenvalue weighted by molar-refractivity contribution is 0.893. The van der Waals surface area contributed by atoms with Crippen molar-refractivity contribution in [2.45, 2.75) is 0 Å². The van der Waals surface area contributed by atoms with Crippen LogP contribution in [0.1, 0.15) is 0 Å². The minimum atomic E-state index is -0.316. The van der Waals surface area contributed by atoms with Gasteiger partial charge in [-0.3, -0.25) is 0 Å². The number of hydrogen-bond donors (Lipinski definition) is 1. The Kier molecular flexibility index (Phi) is 3.76. The van der Waals surface area contributed by atoms with Gasteiger partial charge in [0.1, 0.15) is 0 Å². The van der Waals surface area contributed by atoms with Crippen LogP contribution in [0.4, 0.5) is 4.32 Å². The monoisotopic (exact) mass is 76.0 g/mol. The highest BCUT2D eigenvalue weighted by Gasteiger charge is 1.74. The van der Waals surface area contributed by atoms with E-state index in [9.17, 15) is 4.32 Å². The zero-order chi connectivity index (χ0) is 3.41. The van der Waals surface area contributed by atoms with E-state index in [1.165, 1.54) is 0 Å². The van der Waals surface area contributed by atoms with E-state index in [-0.39, 0.29) is 7.45 Å². The van der Waals surface area contributed by atoms with E-state index in [2.05, 4.69) is 12.5 Å². The summed E-state index contributed by atoms with van der Waals surface area (Å²) in [5, 5.41) is 0. The second-order valence-electron chi connectivity index (χ2n) is 0.413. The van der Waals surface area contributed by atoms with Crippen molar-refractivity contribution in [2.24, 2.45) is 0 Å². The van der Waals surface area contributed by atoms with Gasteiger partial charge in [-0.05, 0) is 0 Å². The van der Waals surface area contributed by atoms with E-state index in [0.717, 1.165) is 0 Å². The molecule has 0 rings (SSSR count). The lowest BCUT2D eigenvalue weighted by Crippen LogP contribution is -1.81. The Morgan fingerprint density at radius 2 is 2.00 bits per heavy atom. The van der Waals surface area contributed by atoms with Gasteiger partial charge in [0.25, 0.3) is 0 Å². The second-order valence-corrected chi connectivity index (χ2v) is 0.860. The predicted octanol–water partition coefficient (Wildman–Crippen LogP) is -0.496. The van der Waals surface area contributed by atoms with Gasteiger partial charge in [0, 0.05) is 0 Å². The average molecular weight is 75.7 g/mol. The van der Waals surface area contributed by atoms with E-state index in [1.807, 2.05) is 0 Å². The van der Waals surface area contributed by atoms with E-state index in [1.54, 1.807) is 0 Å². The molecule has 0 aromatic heterocycles. The van der Waals surface area contributed by atoms with Crippen LogP contribution < -0.4 is 0 Å². The molecule has 0 aliphatic heterocycles. The summed E-state index contributed by atoms with van der Waals surface area (Å²) in [5.41, 5.74) is 0. The zero-order valence-electron chi connectivity index (χ0n) is 2.24. The Hall–Kier alpha value is 0.410. The van der Waals surface area contributed by atoms with Crippen LogP contribution in [0.2, 0.25) is 0 Å². The molecule has 0 saturated heterocycles. The first-order valence-electron chi connectivity index (χ1n) is 1.08. The first kappa shape index (κ1) is 4.41. The number of rotatable bonds is 1. The summed E-state index contributed by atoms with van der Waals surface area (Å²) < 4.78 is 10.6. The molecule has 0 bridgehead atoms. The maximum atomic E-state index is 10.6. The van der Waals surface area contributed by atoms with Crippen LogP contribution in [-0.2, 0) is 0 Å². The van der Waals surface area contributed by atoms with Crippen molar-refractivity contribution in [3.8, 4) is 0 Å². The molecule has 0 amide bonds. The van der Waals surface area contributed by atoms with E-state index in [4.69, 9.17) is 0 Å². The fraction of sp³-hybridized carbons (Fsp3) is 0. The Morgan fingerprint density at radius 3 is 2.00 bits per heavy atom. The van der Waals surface area contributed by atoms with Crippen LogP contribution in [0, 0.1) is 0 Å². The molecule has 4 heavy (non-hydrogen) atoms. The van der Waals surface area contributed by atoms with Gasteiger partial charge in [0.15, 0.2) is 6.45 Å². The first-order valence-corrected chi connectivity index (χ1v) is 1.72. The molecule has 22 valence electrons. The third-order valence-corrected chi connectivity index (χ3v) is 0.254. The van der Waals surface area contributed by atoms with Crippen molar-refractivity contribution in [1.82, 2.24) is 0 Å². The van der Waals surface area contributed by atoms with E-state index < -0.39 is 0 Å². The van der Waals surface area contributed by atoms with Gasteiger partial charge in [-0.25, -0.2) is 12.5 Å². The Bertz CT molecular complexity index is 8.00. The van der Waals surface area contributed by atoms with Crippen LogP contribution in [0.5, 0.6) is 0 Å². The summed E-state index contributed by atoms with van der Waals surface area (Å²) in [6, 6.07) is 0. The number of halogens is 1. The third kappa shape index (κ3) is 2.41. The van der Waals surface area contributed by atoms with Crippen molar-refractivity contribution in [2.75, 3.05) is 0 Å². The molecule has 0 aromatic rings. The molecular weight excluding hydrogens is 72.7 g/mol. The van der Waals surface area contributed by atoms with Gasteiger partial charge in [0.2, 0.25) is 0 Å². The van der Waals surface area contributed by atoms with Crippen LogP contribution >= 0.6 is 12.5 Å². The largest absolute Gasteiger partial charge is 0.351 e. The fourth-order valence-electron chi connectivity index (χ4n) is 0. The van der Waals surface area contributed by atoms with Crippen LogP contribution in [0.3, 0.4) is 0 Å². The quantitative estimate of drug-likeness (QED) is 0.316. The van der Waals surface area contributed by atoms with Gasteiger partial charge in [0.05, 0.1) is 0 Å². The molecule has 0 radical (unpaired) electrons. The van der Waals surface area contributed by atoms with Crippen molar-refractivity contribution in [3.05, 3.63) is 0 Å². The van der Waals surface area contributed by atoms with Crippen LogP contribution in [0.25, 0.3) is 0 Å². The molecule has 0 aromatic carbocycles. The molecule has 0 fully saturated rings. The molecule has 0 aliphatic rings. The van der Waals surface area contributed by atoms with Crippen LogP contribution in [0.15, 0.2) is 0 Å². The summed E-state index contributed by atoms with van der Waals surface area (Å²) >= 11 is 3.55. The molecule has 0 nitrogen and oxygen atoms in total. The number of hydrogen-bond acceptors (Lipinski definition) is 1. The first-order chi connectivity index (χ1) is 1.91. The summed E-state index contributed by atoms with van der Waals surface area (Å²) in [6.07, 6.45) is 0.347. The topological polar surface area (TPSA) is 0 Å². The second kappa shape index (κ2) is 3.41. The van der Waals surface area contributed by atoms with E-state index >= 15 is 0 Å². The van der Waals surface area contributed by atoms with Crippen molar-refractivity contribution in [3.63, 3.8) is 0 Å². The van der Waals surface area contributed by atoms with Gasteiger partial charge in [-0.1, -0.05) is 0 Å². The molecule has 0 saturated carbocycles. The number of thiol groups is 1. The average Bonchev–Trinajstić information content (AvgIpc) is 1.37. The molecular formula is H3B2FS. The molecule has 0 N–H and O–H groups in total. The molecule has 4 heteroatoms. The smallest absolute Gasteiger partial charge is 0.303 e. The SMILES string of the molecule is FBBS. The van der Waals surface area contributed by atoms with Crippen molar-refractivity contribution < 1.29 is 4.32 Å². The van der Waals surface area contributed by atoms with Gasteiger partial charge < -0.3 is 4.32 Å².